The van der Waals surface area contributed by atoms with Crippen molar-refractivity contribution < 1.29 is 9.13 Å². The predicted octanol–water partition coefficient (Wildman–Crippen LogP) is 4.55. The van der Waals surface area contributed by atoms with Crippen molar-refractivity contribution in [3.05, 3.63) is 29.6 Å². The highest BCUT2D eigenvalue weighted by Crippen LogP contribution is 2.35. The van der Waals surface area contributed by atoms with Crippen molar-refractivity contribution in [3.8, 4) is 5.75 Å². The molecular weight excluding hydrogens is 227 g/mol. The summed E-state index contributed by atoms with van der Waals surface area (Å²) in [4.78, 5) is 0. The Labute approximate surface area is 102 Å². The molecule has 0 N–H and O–H groups in total. The smallest absolute Gasteiger partial charge is 0.131 e. The van der Waals surface area contributed by atoms with Gasteiger partial charge in [0, 0.05) is 11.6 Å². The molecule has 1 rings (SSSR count). The number of hydrogen-bond acceptors (Lipinski definition) is 1. The highest BCUT2D eigenvalue weighted by molar-refractivity contribution is 6.21. The molecule has 0 bridgehead atoms. The summed E-state index contributed by atoms with van der Waals surface area (Å²) >= 11 is 6.29. The van der Waals surface area contributed by atoms with E-state index in [2.05, 4.69) is 13.8 Å². The molecule has 0 saturated heterocycles. The second kappa shape index (κ2) is 6.09. The molecule has 0 aliphatic heterocycles. The fraction of sp³-hybridized carbons (Fsp3) is 0.538. The van der Waals surface area contributed by atoms with E-state index in [1.807, 2.05) is 0 Å². The Morgan fingerprint density at radius 1 is 1.31 bits per heavy atom. The average Bonchev–Trinajstić information content (AvgIpc) is 2.30. The van der Waals surface area contributed by atoms with Gasteiger partial charge in [-0.05, 0) is 12.0 Å². The summed E-state index contributed by atoms with van der Waals surface area (Å²) in [7, 11) is 1.52. The van der Waals surface area contributed by atoms with E-state index in [0.29, 0.717) is 17.2 Å². The number of methoxy groups -OCH3 is 1. The highest BCUT2D eigenvalue weighted by atomic mass is 35.5. The molecule has 0 radical (unpaired) electrons. The summed E-state index contributed by atoms with van der Waals surface area (Å²) in [6, 6.07) is 4.84. The minimum Gasteiger partial charge on any atom is -0.497 e. The third-order valence-corrected chi connectivity index (χ3v) is 3.56. The molecule has 0 heterocycles. The van der Waals surface area contributed by atoms with Crippen LogP contribution in [-0.4, -0.2) is 7.11 Å². The molecule has 1 unspecified atom stereocenters. The molecular formula is C13H18ClFO. The average molecular weight is 245 g/mol. The molecule has 0 saturated carbocycles. The summed E-state index contributed by atoms with van der Waals surface area (Å²) in [5, 5.41) is -0.263. The van der Waals surface area contributed by atoms with Crippen LogP contribution >= 0.6 is 11.6 Å². The number of benzene rings is 1. The maximum Gasteiger partial charge on any atom is 0.131 e. The topological polar surface area (TPSA) is 9.23 Å². The quantitative estimate of drug-likeness (QED) is 0.691. The number of hydrogen-bond donors (Lipinski definition) is 0. The Morgan fingerprint density at radius 3 is 2.38 bits per heavy atom. The van der Waals surface area contributed by atoms with Crippen LogP contribution in [0, 0.1) is 11.7 Å². The van der Waals surface area contributed by atoms with Crippen molar-refractivity contribution in [2.24, 2.45) is 5.92 Å². The van der Waals surface area contributed by atoms with Gasteiger partial charge in [-0.2, -0.15) is 0 Å². The van der Waals surface area contributed by atoms with Crippen LogP contribution in [0.4, 0.5) is 4.39 Å². The Morgan fingerprint density at radius 2 is 1.94 bits per heavy atom. The summed E-state index contributed by atoms with van der Waals surface area (Å²) in [5.74, 6) is 0.547. The second-order valence-electron chi connectivity index (χ2n) is 3.87. The lowest BCUT2D eigenvalue weighted by Gasteiger charge is -2.20. The molecule has 1 atom stereocenters. The Balaban J connectivity index is 2.95. The maximum atomic E-state index is 13.8. The summed E-state index contributed by atoms with van der Waals surface area (Å²) < 4.78 is 18.7. The van der Waals surface area contributed by atoms with Crippen LogP contribution in [-0.2, 0) is 0 Å². The first-order valence-electron chi connectivity index (χ1n) is 5.61. The van der Waals surface area contributed by atoms with Crippen LogP contribution in [0.5, 0.6) is 5.75 Å². The fourth-order valence-corrected chi connectivity index (χ4v) is 2.35. The molecule has 1 aromatic rings. The standard InChI is InChI=1S/C13H18ClFO/c1-4-9(5-2)13(14)11-7-6-10(16-3)8-12(11)15/h6-9,13H,4-5H2,1-3H3. The zero-order valence-electron chi connectivity index (χ0n) is 9.97. The Hall–Kier alpha value is -0.760. The zero-order valence-corrected chi connectivity index (χ0v) is 10.7. The molecule has 0 fully saturated rings. The SMILES string of the molecule is CCC(CC)C(Cl)c1ccc(OC)cc1F. The van der Waals surface area contributed by atoms with E-state index in [1.165, 1.54) is 13.2 Å². The minimum atomic E-state index is -0.286. The highest BCUT2D eigenvalue weighted by Gasteiger charge is 2.21. The van der Waals surface area contributed by atoms with Crippen molar-refractivity contribution in [3.63, 3.8) is 0 Å². The van der Waals surface area contributed by atoms with Gasteiger partial charge in [0.15, 0.2) is 0 Å². The molecule has 90 valence electrons. The van der Waals surface area contributed by atoms with Crippen molar-refractivity contribution in [1.29, 1.82) is 0 Å². The lowest BCUT2D eigenvalue weighted by atomic mass is 9.93. The van der Waals surface area contributed by atoms with Crippen LogP contribution in [0.2, 0.25) is 0 Å². The van der Waals surface area contributed by atoms with Gasteiger partial charge in [-0.3, -0.25) is 0 Å². The number of halogens is 2. The minimum absolute atomic E-state index is 0.263. The van der Waals surface area contributed by atoms with E-state index in [-0.39, 0.29) is 11.2 Å². The third-order valence-electron chi connectivity index (χ3n) is 2.97. The molecule has 0 aliphatic rings. The van der Waals surface area contributed by atoms with E-state index in [9.17, 15) is 4.39 Å². The van der Waals surface area contributed by atoms with E-state index in [1.54, 1.807) is 12.1 Å². The number of ether oxygens (including phenoxy) is 1. The predicted molar refractivity (Wildman–Crippen MR) is 65.6 cm³/mol. The van der Waals surface area contributed by atoms with E-state index < -0.39 is 0 Å². The molecule has 0 aliphatic carbocycles. The number of rotatable bonds is 5. The molecule has 1 aromatic carbocycles. The summed E-state index contributed by atoms with van der Waals surface area (Å²) in [5.41, 5.74) is 0.566. The lowest BCUT2D eigenvalue weighted by molar-refractivity contribution is 0.408. The second-order valence-corrected chi connectivity index (χ2v) is 4.34. The summed E-state index contributed by atoms with van der Waals surface area (Å²) in [6.07, 6.45) is 1.91. The molecule has 16 heavy (non-hydrogen) atoms. The fourth-order valence-electron chi connectivity index (χ4n) is 1.81. The van der Waals surface area contributed by atoms with E-state index in [4.69, 9.17) is 16.3 Å². The molecule has 3 heteroatoms. The van der Waals surface area contributed by atoms with Gasteiger partial charge >= 0.3 is 0 Å². The van der Waals surface area contributed by atoms with Gasteiger partial charge < -0.3 is 4.74 Å². The molecule has 0 amide bonds. The van der Waals surface area contributed by atoms with Crippen molar-refractivity contribution in [1.82, 2.24) is 0 Å². The lowest BCUT2D eigenvalue weighted by Crippen LogP contribution is -2.07. The van der Waals surface area contributed by atoms with Crippen LogP contribution in [0.15, 0.2) is 18.2 Å². The van der Waals surface area contributed by atoms with E-state index in [0.717, 1.165) is 12.8 Å². The maximum absolute atomic E-state index is 13.8. The Bertz CT molecular complexity index is 337. The van der Waals surface area contributed by atoms with Crippen molar-refractivity contribution in [2.45, 2.75) is 32.1 Å². The van der Waals surface area contributed by atoms with Crippen molar-refractivity contribution >= 4 is 11.6 Å². The molecule has 1 nitrogen and oxygen atoms in total. The van der Waals surface area contributed by atoms with Gasteiger partial charge in [0.2, 0.25) is 0 Å². The van der Waals surface area contributed by atoms with Gasteiger partial charge in [0.1, 0.15) is 11.6 Å². The van der Waals surface area contributed by atoms with Crippen LogP contribution in [0.3, 0.4) is 0 Å². The van der Waals surface area contributed by atoms with Gasteiger partial charge in [-0.25, -0.2) is 4.39 Å². The Kier molecular flexibility index (Phi) is 5.07. The first kappa shape index (κ1) is 13.3. The normalized spacial score (nSPS) is 12.9. The van der Waals surface area contributed by atoms with Crippen LogP contribution in [0.25, 0.3) is 0 Å². The monoisotopic (exact) mass is 244 g/mol. The van der Waals surface area contributed by atoms with Crippen LogP contribution < -0.4 is 4.74 Å². The van der Waals surface area contributed by atoms with Gasteiger partial charge in [-0.1, -0.05) is 32.8 Å². The van der Waals surface area contributed by atoms with Crippen LogP contribution in [0.1, 0.15) is 37.6 Å². The largest absolute Gasteiger partial charge is 0.497 e. The molecule has 0 aromatic heterocycles. The van der Waals surface area contributed by atoms with Gasteiger partial charge in [0.25, 0.3) is 0 Å². The zero-order chi connectivity index (χ0) is 12.1. The first-order chi connectivity index (χ1) is 7.63. The number of alkyl halides is 1. The van der Waals surface area contributed by atoms with E-state index >= 15 is 0 Å². The van der Waals surface area contributed by atoms with Gasteiger partial charge in [-0.15, -0.1) is 11.6 Å². The summed E-state index contributed by atoms with van der Waals surface area (Å²) in [6.45, 7) is 4.15. The first-order valence-corrected chi connectivity index (χ1v) is 6.05. The van der Waals surface area contributed by atoms with Gasteiger partial charge in [0.05, 0.1) is 12.5 Å². The third kappa shape index (κ3) is 2.88. The van der Waals surface area contributed by atoms with Crippen molar-refractivity contribution in [2.75, 3.05) is 7.11 Å². The molecule has 0 spiro atoms.